The van der Waals surface area contributed by atoms with E-state index in [2.05, 4.69) is 5.32 Å². The third-order valence-electron chi connectivity index (χ3n) is 4.90. The molecule has 1 N–H and O–H groups in total. The Morgan fingerprint density at radius 1 is 1.22 bits per heavy atom. The van der Waals surface area contributed by atoms with Crippen molar-refractivity contribution in [3.8, 4) is 0 Å². The van der Waals surface area contributed by atoms with Gasteiger partial charge >= 0.3 is 0 Å². The van der Waals surface area contributed by atoms with E-state index in [1.54, 1.807) is 11.9 Å². The molecule has 27 heavy (non-hydrogen) atoms. The Morgan fingerprint density at radius 2 is 1.96 bits per heavy atom. The van der Waals surface area contributed by atoms with Gasteiger partial charge in [-0.3, -0.25) is 9.59 Å². The van der Waals surface area contributed by atoms with E-state index in [9.17, 15) is 9.59 Å². The molecule has 2 amide bonds. The van der Waals surface area contributed by atoms with E-state index in [0.29, 0.717) is 0 Å². The molecule has 0 saturated carbocycles. The predicted octanol–water partition coefficient (Wildman–Crippen LogP) is 4.46. The van der Waals surface area contributed by atoms with E-state index in [0.717, 1.165) is 27.3 Å². The number of anilines is 1. The Labute approximate surface area is 161 Å². The lowest BCUT2D eigenvalue weighted by molar-refractivity contribution is -0.133. The number of carbonyl (C=O) groups is 2. The molecule has 1 aromatic heterocycles. The van der Waals surface area contributed by atoms with Gasteiger partial charge in [0.15, 0.2) is 0 Å². The van der Waals surface area contributed by atoms with Crippen molar-refractivity contribution < 1.29 is 14.0 Å². The monoisotopic (exact) mass is 380 g/mol. The Bertz CT molecular complexity index is 980. The van der Waals surface area contributed by atoms with Crippen molar-refractivity contribution in [2.24, 2.45) is 0 Å². The molecule has 6 heteroatoms. The van der Waals surface area contributed by atoms with Crippen molar-refractivity contribution in [1.82, 2.24) is 4.90 Å². The molecule has 138 valence electrons. The lowest BCUT2D eigenvalue weighted by atomic mass is 10.1. The van der Waals surface area contributed by atoms with E-state index < -0.39 is 5.25 Å². The smallest absolute Gasteiger partial charge is 0.238 e. The molecule has 0 spiro atoms. The molecule has 0 radical (unpaired) electrons. The first-order valence-electron chi connectivity index (χ1n) is 8.83. The van der Waals surface area contributed by atoms with E-state index >= 15 is 0 Å². The molecule has 1 aliphatic rings. The third kappa shape index (κ3) is 3.45. The number of hydrogen-bond acceptors (Lipinski definition) is 4. The van der Waals surface area contributed by atoms with Crippen molar-refractivity contribution >= 4 is 40.2 Å². The normalized spacial score (nSPS) is 17.3. The zero-order valence-electron chi connectivity index (χ0n) is 15.1. The minimum Gasteiger partial charge on any atom is -0.459 e. The first-order chi connectivity index (χ1) is 13.0. The van der Waals surface area contributed by atoms with E-state index in [4.69, 9.17) is 4.42 Å². The minimum atomic E-state index is -0.433. The summed E-state index contributed by atoms with van der Waals surface area (Å²) in [6, 6.07) is 17.2. The number of para-hydroxylation sites is 2. The molecule has 3 aromatic rings. The third-order valence-corrected chi connectivity index (χ3v) is 6.17. The summed E-state index contributed by atoms with van der Waals surface area (Å²) in [4.78, 5) is 27.8. The number of carbonyl (C=O) groups excluding carboxylic acids is 2. The van der Waals surface area contributed by atoms with E-state index in [-0.39, 0.29) is 24.3 Å². The average molecular weight is 380 g/mol. The van der Waals surface area contributed by atoms with Crippen molar-refractivity contribution in [2.45, 2.75) is 29.5 Å². The number of nitrogens with zero attached hydrogens (tertiary/aromatic N) is 1. The van der Waals surface area contributed by atoms with Crippen LogP contribution in [0.15, 0.2) is 63.9 Å². The van der Waals surface area contributed by atoms with Crippen LogP contribution in [0.3, 0.4) is 0 Å². The summed E-state index contributed by atoms with van der Waals surface area (Å²) in [5, 5.41) is 3.46. The van der Waals surface area contributed by atoms with E-state index in [1.807, 2.05) is 61.5 Å². The molecule has 2 unspecified atom stereocenters. The number of fused-ring (bicyclic) bond motifs is 2. The summed E-state index contributed by atoms with van der Waals surface area (Å²) >= 11 is 1.44. The van der Waals surface area contributed by atoms with Crippen LogP contribution in [-0.2, 0) is 9.59 Å². The molecular formula is C21H20N2O3S. The van der Waals surface area contributed by atoms with Crippen LogP contribution in [0.1, 0.15) is 25.1 Å². The number of benzene rings is 2. The van der Waals surface area contributed by atoms with Gasteiger partial charge in [-0.15, -0.1) is 11.8 Å². The summed E-state index contributed by atoms with van der Waals surface area (Å²) in [6.45, 7) is 1.93. The highest BCUT2D eigenvalue weighted by Crippen LogP contribution is 2.37. The molecule has 0 fully saturated rings. The van der Waals surface area contributed by atoms with Crippen LogP contribution in [0.2, 0.25) is 0 Å². The molecular weight excluding hydrogens is 360 g/mol. The van der Waals surface area contributed by atoms with Gasteiger partial charge in [0.1, 0.15) is 11.3 Å². The molecule has 5 nitrogen and oxygen atoms in total. The molecule has 2 atom stereocenters. The number of rotatable bonds is 4. The Hall–Kier alpha value is -2.73. The average Bonchev–Trinajstić information content (AvgIpc) is 3.11. The van der Waals surface area contributed by atoms with Crippen LogP contribution < -0.4 is 5.32 Å². The van der Waals surface area contributed by atoms with Gasteiger partial charge in [-0.25, -0.2) is 0 Å². The summed E-state index contributed by atoms with van der Waals surface area (Å²) in [6.07, 6.45) is 0.145. The highest BCUT2D eigenvalue weighted by Gasteiger charge is 2.31. The van der Waals surface area contributed by atoms with Gasteiger partial charge < -0.3 is 14.6 Å². The maximum Gasteiger partial charge on any atom is 0.238 e. The number of nitrogens with one attached hydrogen (secondary N) is 1. The fourth-order valence-electron chi connectivity index (χ4n) is 3.14. The van der Waals surface area contributed by atoms with E-state index in [1.165, 1.54) is 11.8 Å². The second kappa shape index (κ2) is 7.12. The number of furan rings is 1. The maximum atomic E-state index is 12.8. The van der Waals surface area contributed by atoms with Gasteiger partial charge in [0, 0.05) is 23.8 Å². The summed E-state index contributed by atoms with van der Waals surface area (Å²) in [5.74, 6) is 0.518. The first-order valence-corrected chi connectivity index (χ1v) is 9.71. The lowest BCUT2D eigenvalue weighted by Crippen LogP contribution is -2.36. The summed E-state index contributed by atoms with van der Waals surface area (Å²) < 4.78 is 5.88. The van der Waals surface area contributed by atoms with Gasteiger partial charge in [0.05, 0.1) is 17.0 Å². The minimum absolute atomic E-state index is 0.0880. The van der Waals surface area contributed by atoms with Crippen molar-refractivity contribution in [2.75, 3.05) is 12.4 Å². The van der Waals surface area contributed by atoms with Crippen LogP contribution >= 0.6 is 11.8 Å². The Kier molecular flexibility index (Phi) is 4.66. The second-order valence-corrected chi connectivity index (χ2v) is 7.91. The largest absolute Gasteiger partial charge is 0.459 e. The van der Waals surface area contributed by atoms with Gasteiger partial charge in [0.2, 0.25) is 11.8 Å². The van der Waals surface area contributed by atoms with Crippen LogP contribution in [0, 0.1) is 0 Å². The summed E-state index contributed by atoms with van der Waals surface area (Å²) in [7, 11) is 1.75. The predicted molar refractivity (Wildman–Crippen MR) is 107 cm³/mol. The molecule has 0 aliphatic carbocycles. The fraction of sp³-hybridized carbons (Fsp3) is 0.238. The second-order valence-electron chi connectivity index (χ2n) is 6.66. The molecule has 2 heterocycles. The molecule has 0 bridgehead atoms. The van der Waals surface area contributed by atoms with Gasteiger partial charge in [0.25, 0.3) is 0 Å². The van der Waals surface area contributed by atoms with Crippen molar-refractivity contribution in [1.29, 1.82) is 0 Å². The number of amides is 2. The first kappa shape index (κ1) is 17.7. The van der Waals surface area contributed by atoms with Crippen LogP contribution in [0.25, 0.3) is 11.0 Å². The summed E-state index contributed by atoms with van der Waals surface area (Å²) in [5.41, 5.74) is 1.61. The molecule has 2 aromatic carbocycles. The highest BCUT2D eigenvalue weighted by atomic mass is 32.2. The Balaban J connectivity index is 1.46. The zero-order valence-corrected chi connectivity index (χ0v) is 16.0. The van der Waals surface area contributed by atoms with Gasteiger partial charge in [-0.1, -0.05) is 30.3 Å². The van der Waals surface area contributed by atoms with Gasteiger partial charge in [-0.2, -0.15) is 0 Å². The van der Waals surface area contributed by atoms with Crippen molar-refractivity contribution in [3.63, 3.8) is 0 Å². The SMILES string of the molecule is CC(c1cc2ccccc2o1)N(C)C(=O)CC1Sc2ccccc2NC1=O. The lowest BCUT2D eigenvalue weighted by Gasteiger charge is -2.27. The zero-order chi connectivity index (χ0) is 19.0. The maximum absolute atomic E-state index is 12.8. The number of thioether (sulfide) groups is 1. The van der Waals surface area contributed by atoms with Crippen molar-refractivity contribution in [3.05, 3.63) is 60.4 Å². The molecule has 1 aliphatic heterocycles. The highest BCUT2D eigenvalue weighted by molar-refractivity contribution is 8.01. The molecule has 4 rings (SSSR count). The molecule has 0 saturated heterocycles. The Morgan fingerprint density at radius 3 is 2.78 bits per heavy atom. The van der Waals surface area contributed by atoms with Crippen LogP contribution in [0.5, 0.6) is 0 Å². The fourth-order valence-corrected chi connectivity index (χ4v) is 4.25. The standard InChI is InChI=1S/C21H20N2O3S/c1-13(17-11-14-7-3-5-9-16(14)26-17)23(2)20(24)12-19-21(25)22-15-8-4-6-10-18(15)27-19/h3-11,13,19H,12H2,1-2H3,(H,22,25). The number of hydrogen-bond donors (Lipinski definition) is 1. The topological polar surface area (TPSA) is 62.6 Å². The van der Waals surface area contributed by atoms with Crippen LogP contribution in [0.4, 0.5) is 5.69 Å². The van der Waals surface area contributed by atoms with Gasteiger partial charge in [-0.05, 0) is 31.2 Å². The van der Waals surface area contributed by atoms with Crippen LogP contribution in [-0.4, -0.2) is 29.0 Å². The quantitative estimate of drug-likeness (QED) is 0.726.